The van der Waals surface area contributed by atoms with E-state index in [0.717, 1.165) is 12.0 Å². The first kappa shape index (κ1) is 24.7. The first-order valence-electron chi connectivity index (χ1n) is 10.7. The van der Waals surface area contributed by atoms with E-state index in [2.05, 4.69) is 21.9 Å². The molecule has 7 heteroatoms. The Balaban J connectivity index is 2.24. The van der Waals surface area contributed by atoms with E-state index in [1.807, 2.05) is 52.0 Å². The Labute approximate surface area is 191 Å². The normalized spacial score (nSPS) is 11.4. The molecule has 0 unspecified atom stereocenters. The minimum absolute atomic E-state index is 0.129. The van der Waals surface area contributed by atoms with Crippen molar-refractivity contribution in [2.24, 2.45) is 5.10 Å². The fraction of sp³-hybridized carbons (Fsp3) is 0.400. The van der Waals surface area contributed by atoms with Gasteiger partial charge in [-0.05, 0) is 44.5 Å². The third-order valence-corrected chi connectivity index (χ3v) is 4.85. The molecule has 0 saturated heterocycles. The number of nitrogens with zero attached hydrogens (tertiary/aromatic N) is 4. The fourth-order valence-electron chi connectivity index (χ4n) is 3.07. The molecule has 2 rings (SSSR count). The molecule has 170 valence electrons. The number of aromatic nitrogens is 1. The van der Waals surface area contributed by atoms with Crippen LogP contribution >= 0.6 is 0 Å². The van der Waals surface area contributed by atoms with Crippen LogP contribution in [-0.4, -0.2) is 55.4 Å². The van der Waals surface area contributed by atoms with Crippen LogP contribution in [0.25, 0.3) is 0 Å². The van der Waals surface area contributed by atoms with Crippen LogP contribution in [-0.2, 0) is 0 Å². The van der Waals surface area contributed by atoms with Crippen LogP contribution in [0.5, 0.6) is 11.6 Å². The molecule has 1 aromatic carbocycles. The average molecular weight is 437 g/mol. The molecule has 0 N–H and O–H groups in total. The molecule has 1 heterocycles. The van der Waals surface area contributed by atoms with Crippen molar-refractivity contribution < 1.29 is 14.3 Å². The Morgan fingerprint density at radius 2 is 2.06 bits per heavy atom. The van der Waals surface area contributed by atoms with Gasteiger partial charge in [0.25, 0.3) is 5.91 Å². The summed E-state index contributed by atoms with van der Waals surface area (Å²) in [7, 11) is 3.36. The molecule has 7 nitrogen and oxygen atoms in total. The number of likely N-dealkylation sites (N-methyl/N-ethyl adjacent to an activating group) is 1. The average Bonchev–Trinajstić information content (AvgIpc) is 2.81. The van der Waals surface area contributed by atoms with E-state index in [9.17, 15) is 4.79 Å². The maximum absolute atomic E-state index is 13.5. The highest BCUT2D eigenvalue weighted by Gasteiger charge is 2.25. The van der Waals surface area contributed by atoms with Crippen LogP contribution in [0.3, 0.4) is 0 Å². The maximum atomic E-state index is 13.5. The molecular formula is C25H32N4O3. The van der Waals surface area contributed by atoms with E-state index in [0.29, 0.717) is 36.0 Å². The van der Waals surface area contributed by atoms with Crippen LogP contribution < -0.4 is 14.5 Å². The molecule has 32 heavy (non-hydrogen) atoms. The van der Waals surface area contributed by atoms with Crippen molar-refractivity contribution in [3.8, 4) is 23.5 Å². The number of rotatable bonds is 9. The van der Waals surface area contributed by atoms with Crippen molar-refractivity contribution >= 4 is 17.8 Å². The second-order valence-electron chi connectivity index (χ2n) is 7.25. The molecular weight excluding hydrogens is 404 g/mol. The molecule has 0 spiro atoms. The smallest absolute Gasteiger partial charge is 0.256 e. The number of methoxy groups -OCH3 is 1. The molecule has 2 aromatic rings. The first-order valence-corrected chi connectivity index (χ1v) is 10.7. The molecule has 0 aliphatic carbocycles. The molecule has 0 fully saturated rings. The number of hydrogen-bond acceptors (Lipinski definition) is 6. The summed E-state index contributed by atoms with van der Waals surface area (Å²) in [6.07, 6.45) is 4.04. The van der Waals surface area contributed by atoms with Crippen LogP contribution in [0.4, 0.5) is 5.69 Å². The summed E-state index contributed by atoms with van der Waals surface area (Å²) in [5, 5.41) is 5.97. The second kappa shape index (κ2) is 12.4. The van der Waals surface area contributed by atoms with E-state index >= 15 is 0 Å². The highest BCUT2D eigenvalue weighted by atomic mass is 16.5. The zero-order valence-electron chi connectivity index (χ0n) is 19.8. The molecule has 0 aliphatic heterocycles. The first-order chi connectivity index (χ1) is 15.4. The van der Waals surface area contributed by atoms with E-state index < -0.39 is 0 Å². The summed E-state index contributed by atoms with van der Waals surface area (Å²) >= 11 is 0. The number of aryl methyl sites for hydroxylation is 1. The number of carbonyl (C=O) groups excluding carboxylic acids is 1. The second-order valence-corrected chi connectivity index (χ2v) is 7.25. The third kappa shape index (κ3) is 6.74. The van der Waals surface area contributed by atoms with E-state index in [4.69, 9.17) is 9.47 Å². The third-order valence-electron chi connectivity index (χ3n) is 4.85. The lowest BCUT2D eigenvalue weighted by Gasteiger charge is -2.29. The minimum Gasteiger partial charge on any atom is -0.497 e. The van der Waals surface area contributed by atoms with Crippen LogP contribution in [0, 0.1) is 18.8 Å². The Morgan fingerprint density at radius 3 is 2.69 bits per heavy atom. The van der Waals surface area contributed by atoms with Crippen molar-refractivity contribution in [3.05, 3.63) is 47.7 Å². The number of anilines is 1. The van der Waals surface area contributed by atoms with Gasteiger partial charge >= 0.3 is 0 Å². The number of hydrogen-bond donors (Lipinski definition) is 0. The van der Waals surface area contributed by atoms with Gasteiger partial charge in [-0.15, -0.1) is 0 Å². The number of amides is 1. The summed E-state index contributed by atoms with van der Waals surface area (Å²) in [6, 6.07) is 8.97. The van der Waals surface area contributed by atoms with Gasteiger partial charge in [-0.3, -0.25) is 9.80 Å². The van der Waals surface area contributed by atoms with E-state index in [1.54, 1.807) is 36.3 Å². The predicted octanol–water partition coefficient (Wildman–Crippen LogP) is 4.16. The molecule has 0 radical (unpaired) electrons. The monoisotopic (exact) mass is 436 g/mol. The van der Waals surface area contributed by atoms with Gasteiger partial charge in [0.15, 0.2) is 0 Å². The van der Waals surface area contributed by atoms with Crippen molar-refractivity contribution in [1.29, 1.82) is 0 Å². The largest absolute Gasteiger partial charge is 0.497 e. The summed E-state index contributed by atoms with van der Waals surface area (Å²) in [6.45, 7) is 8.70. The number of carbonyl (C=O) groups is 1. The van der Waals surface area contributed by atoms with Crippen molar-refractivity contribution in [2.75, 3.05) is 32.3 Å². The lowest BCUT2D eigenvalue weighted by atomic mass is 10.1. The molecule has 1 atom stereocenters. The molecule has 1 amide bonds. The molecule has 0 bridgehead atoms. The summed E-state index contributed by atoms with van der Waals surface area (Å²) in [5.41, 5.74) is 2.22. The Morgan fingerprint density at radius 1 is 1.28 bits per heavy atom. The Kier molecular flexibility index (Phi) is 9.55. The number of benzene rings is 1. The topological polar surface area (TPSA) is 67.3 Å². The van der Waals surface area contributed by atoms with Crippen molar-refractivity contribution in [2.45, 2.75) is 40.2 Å². The van der Waals surface area contributed by atoms with Gasteiger partial charge in [-0.2, -0.15) is 5.10 Å². The fourth-order valence-corrected chi connectivity index (χ4v) is 3.07. The van der Waals surface area contributed by atoms with Gasteiger partial charge in [0.1, 0.15) is 12.4 Å². The Hall–Kier alpha value is -3.53. The number of hydrazone groups is 1. The lowest BCUT2D eigenvalue weighted by molar-refractivity contribution is 0.0646. The Bertz CT molecular complexity index is 977. The van der Waals surface area contributed by atoms with Gasteiger partial charge in [0.05, 0.1) is 30.6 Å². The zero-order chi connectivity index (χ0) is 23.5. The van der Waals surface area contributed by atoms with Crippen LogP contribution in [0.1, 0.15) is 43.1 Å². The molecule has 0 aliphatic rings. The lowest BCUT2D eigenvalue weighted by Crippen LogP contribution is -2.42. The van der Waals surface area contributed by atoms with Crippen molar-refractivity contribution in [1.82, 2.24) is 9.88 Å². The summed E-state index contributed by atoms with van der Waals surface area (Å²) in [5.74, 6) is 6.82. The zero-order valence-corrected chi connectivity index (χ0v) is 19.8. The quantitative estimate of drug-likeness (QED) is 0.335. The summed E-state index contributed by atoms with van der Waals surface area (Å²) in [4.78, 5) is 19.6. The van der Waals surface area contributed by atoms with Gasteiger partial charge in [0.2, 0.25) is 5.88 Å². The van der Waals surface area contributed by atoms with Crippen LogP contribution in [0.2, 0.25) is 0 Å². The highest BCUT2D eigenvalue weighted by molar-refractivity contribution is 6.00. The summed E-state index contributed by atoms with van der Waals surface area (Å²) < 4.78 is 11.2. The predicted molar refractivity (Wildman–Crippen MR) is 129 cm³/mol. The minimum atomic E-state index is -0.168. The van der Waals surface area contributed by atoms with Gasteiger partial charge < -0.3 is 14.4 Å². The van der Waals surface area contributed by atoms with Gasteiger partial charge in [-0.1, -0.05) is 24.8 Å². The SMILES string of the molecule is CCC#C/C=N\N(C)c1ccc(OC)cc1C(=O)N(CC)[C@@H](C)COc1ccc(C)cn1. The highest BCUT2D eigenvalue weighted by Crippen LogP contribution is 2.27. The van der Waals surface area contributed by atoms with Gasteiger partial charge in [0, 0.05) is 32.3 Å². The number of ether oxygens (including phenoxy) is 2. The van der Waals surface area contributed by atoms with Crippen molar-refractivity contribution in [3.63, 3.8) is 0 Å². The van der Waals surface area contributed by atoms with E-state index in [-0.39, 0.29) is 11.9 Å². The van der Waals surface area contributed by atoms with Crippen LogP contribution in [0.15, 0.2) is 41.6 Å². The standard InChI is InChI=1S/C25H32N4O3/c1-7-9-10-15-27-28(5)23-13-12-21(31-6)16-22(23)25(30)29(8-2)20(4)18-32-24-14-11-19(3)17-26-24/h11-17,20H,7-8,18H2,1-6H3/b27-15-/t20-/m0/s1. The van der Waals surface area contributed by atoms with Gasteiger partial charge in [-0.25, -0.2) is 4.98 Å². The molecule has 1 aromatic heterocycles. The molecule has 0 saturated carbocycles. The van der Waals surface area contributed by atoms with E-state index in [1.165, 1.54) is 6.21 Å². The number of pyridine rings is 1. The maximum Gasteiger partial charge on any atom is 0.256 e.